The second-order valence-electron chi connectivity index (χ2n) is 3.93. The van der Waals surface area contributed by atoms with Crippen molar-refractivity contribution in [3.63, 3.8) is 0 Å². The Bertz CT molecular complexity index is 329. The zero-order valence-corrected chi connectivity index (χ0v) is 10.5. The van der Waals surface area contributed by atoms with E-state index in [0.717, 1.165) is 18.8 Å². The van der Waals surface area contributed by atoms with E-state index >= 15 is 0 Å². The molecule has 0 saturated carbocycles. The standard InChI is InChI=1S/C12H16BrNO/c1-15-12-5-3-2-4-10(12)8-14-7-6-11(13)9-14/h2-5,11H,6-9H2,1H3. The lowest BCUT2D eigenvalue weighted by molar-refractivity contribution is 0.322. The summed E-state index contributed by atoms with van der Waals surface area (Å²) in [5, 5.41) is 0. The fraction of sp³-hybridized carbons (Fsp3) is 0.500. The Hall–Kier alpha value is -0.540. The van der Waals surface area contributed by atoms with Crippen LogP contribution >= 0.6 is 15.9 Å². The normalized spacial score (nSPS) is 21.9. The molecule has 0 radical (unpaired) electrons. The quantitative estimate of drug-likeness (QED) is 0.783. The smallest absolute Gasteiger partial charge is 0.123 e. The molecule has 1 heterocycles. The van der Waals surface area contributed by atoms with Crippen molar-refractivity contribution in [3.05, 3.63) is 29.8 Å². The molecule has 0 N–H and O–H groups in total. The maximum atomic E-state index is 5.34. The summed E-state index contributed by atoms with van der Waals surface area (Å²) in [6, 6.07) is 8.25. The maximum Gasteiger partial charge on any atom is 0.123 e. The van der Waals surface area contributed by atoms with Crippen molar-refractivity contribution >= 4 is 15.9 Å². The number of para-hydroxylation sites is 1. The van der Waals surface area contributed by atoms with Gasteiger partial charge in [0.05, 0.1) is 7.11 Å². The van der Waals surface area contributed by atoms with Crippen molar-refractivity contribution in [2.24, 2.45) is 0 Å². The summed E-state index contributed by atoms with van der Waals surface area (Å²) < 4.78 is 5.34. The average Bonchev–Trinajstić information content (AvgIpc) is 2.65. The number of ether oxygens (including phenoxy) is 1. The Kier molecular flexibility index (Phi) is 3.65. The molecule has 1 atom stereocenters. The molecule has 0 spiro atoms. The van der Waals surface area contributed by atoms with Crippen LogP contribution in [0.5, 0.6) is 5.75 Å². The number of halogens is 1. The van der Waals surface area contributed by atoms with Crippen LogP contribution in [0.3, 0.4) is 0 Å². The van der Waals surface area contributed by atoms with Gasteiger partial charge in [0.1, 0.15) is 5.75 Å². The first-order chi connectivity index (χ1) is 7.29. The number of hydrogen-bond donors (Lipinski definition) is 0. The minimum atomic E-state index is 0.659. The van der Waals surface area contributed by atoms with E-state index in [1.165, 1.54) is 18.5 Å². The molecule has 1 unspecified atom stereocenters. The summed E-state index contributed by atoms with van der Waals surface area (Å²) in [6.07, 6.45) is 1.25. The van der Waals surface area contributed by atoms with E-state index in [1.807, 2.05) is 12.1 Å². The lowest BCUT2D eigenvalue weighted by Gasteiger charge is -2.16. The number of alkyl halides is 1. The molecule has 2 nitrogen and oxygen atoms in total. The van der Waals surface area contributed by atoms with E-state index in [-0.39, 0.29) is 0 Å². The number of rotatable bonds is 3. The van der Waals surface area contributed by atoms with Crippen LogP contribution in [0, 0.1) is 0 Å². The third kappa shape index (κ3) is 2.73. The highest BCUT2D eigenvalue weighted by atomic mass is 79.9. The first kappa shape index (κ1) is 11.0. The van der Waals surface area contributed by atoms with Crippen molar-refractivity contribution in [2.75, 3.05) is 20.2 Å². The lowest BCUT2D eigenvalue weighted by atomic mass is 10.2. The summed E-state index contributed by atoms with van der Waals surface area (Å²) in [6.45, 7) is 3.30. The van der Waals surface area contributed by atoms with E-state index in [9.17, 15) is 0 Å². The van der Waals surface area contributed by atoms with Crippen LogP contribution in [0.25, 0.3) is 0 Å². The van der Waals surface area contributed by atoms with Gasteiger partial charge in [-0.3, -0.25) is 4.90 Å². The first-order valence-corrected chi connectivity index (χ1v) is 6.19. The van der Waals surface area contributed by atoms with Gasteiger partial charge in [-0.05, 0) is 19.0 Å². The maximum absolute atomic E-state index is 5.34. The largest absolute Gasteiger partial charge is 0.496 e. The van der Waals surface area contributed by atoms with Gasteiger partial charge in [-0.2, -0.15) is 0 Å². The van der Waals surface area contributed by atoms with Crippen molar-refractivity contribution < 1.29 is 4.74 Å². The van der Waals surface area contributed by atoms with Crippen LogP contribution in [0.4, 0.5) is 0 Å². The summed E-state index contributed by atoms with van der Waals surface area (Å²) in [5.41, 5.74) is 1.28. The molecule has 0 bridgehead atoms. The highest BCUT2D eigenvalue weighted by Gasteiger charge is 2.20. The second-order valence-corrected chi connectivity index (χ2v) is 5.23. The molecule has 82 valence electrons. The van der Waals surface area contributed by atoms with Gasteiger partial charge in [0.25, 0.3) is 0 Å². The summed E-state index contributed by atoms with van der Waals surface area (Å²) in [4.78, 5) is 3.12. The molecule has 15 heavy (non-hydrogen) atoms. The van der Waals surface area contributed by atoms with Crippen LogP contribution in [0.1, 0.15) is 12.0 Å². The molecule has 0 aromatic heterocycles. The van der Waals surface area contributed by atoms with E-state index < -0.39 is 0 Å². The third-order valence-corrected chi connectivity index (χ3v) is 3.55. The monoisotopic (exact) mass is 269 g/mol. The van der Waals surface area contributed by atoms with Gasteiger partial charge in [0.15, 0.2) is 0 Å². The molecule has 1 aromatic rings. The van der Waals surface area contributed by atoms with Gasteiger partial charge in [-0.1, -0.05) is 34.1 Å². The van der Waals surface area contributed by atoms with Gasteiger partial charge in [0.2, 0.25) is 0 Å². The van der Waals surface area contributed by atoms with E-state index in [1.54, 1.807) is 7.11 Å². The molecule has 1 saturated heterocycles. The Labute approximate surface area is 99.4 Å². The van der Waals surface area contributed by atoms with Crippen LogP contribution in [-0.2, 0) is 6.54 Å². The molecular weight excluding hydrogens is 254 g/mol. The van der Waals surface area contributed by atoms with Crippen LogP contribution < -0.4 is 4.74 Å². The molecule has 0 amide bonds. The Morgan fingerprint density at radius 2 is 2.27 bits per heavy atom. The fourth-order valence-electron chi connectivity index (χ4n) is 2.00. The minimum absolute atomic E-state index is 0.659. The fourth-order valence-corrected chi connectivity index (χ4v) is 2.62. The average molecular weight is 270 g/mol. The van der Waals surface area contributed by atoms with Crippen LogP contribution in [0.2, 0.25) is 0 Å². The van der Waals surface area contributed by atoms with Gasteiger partial charge in [-0.25, -0.2) is 0 Å². The Morgan fingerprint density at radius 3 is 2.93 bits per heavy atom. The highest BCUT2D eigenvalue weighted by Crippen LogP contribution is 2.23. The van der Waals surface area contributed by atoms with Gasteiger partial charge < -0.3 is 4.74 Å². The van der Waals surface area contributed by atoms with Crippen LogP contribution in [-0.4, -0.2) is 29.9 Å². The molecule has 1 fully saturated rings. The van der Waals surface area contributed by atoms with Gasteiger partial charge in [0, 0.05) is 23.5 Å². The number of hydrogen-bond acceptors (Lipinski definition) is 2. The van der Waals surface area contributed by atoms with Crippen LogP contribution in [0.15, 0.2) is 24.3 Å². The predicted molar refractivity (Wildman–Crippen MR) is 65.6 cm³/mol. The number of nitrogens with zero attached hydrogens (tertiary/aromatic N) is 1. The first-order valence-electron chi connectivity index (χ1n) is 5.28. The lowest BCUT2D eigenvalue weighted by Crippen LogP contribution is -2.20. The van der Waals surface area contributed by atoms with E-state index in [0.29, 0.717) is 4.83 Å². The Balaban J connectivity index is 2.04. The van der Waals surface area contributed by atoms with Crippen molar-refractivity contribution in [3.8, 4) is 5.75 Å². The summed E-state index contributed by atoms with van der Waals surface area (Å²) in [7, 11) is 1.73. The van der Waals surface area contributed by atoms with E-state index in [4.69, 9.17) is 4.74 Å². The molecule has 1 aliphatic rings. The van der Waals surface area contributed by atoms with Crippen molar-refractivity contribution in [1.29, 1.82) is 0 Å². The molecule has 3 heteroatoms. The molecular formula is C12H16BrNO. The number of methoxy groups -OCH3 is 1. The zero-order chi connectivity index (χ0) is 10.7. The minimum Gasteiger partial charge on any atom is -0.496 e. The van der Waals surface area contributed by atoms with Gasteiger partial charge in [-0.15, -0.1) is 0 Å². The molecule has 1 aromatic carbocycles. The number of benzene rings is 1. The zero-order valence-electron chi connectivity index (χ0n) is 8.95. The number of likely N-dealkylation sites (tertiary alicyclic amines) is 1. The van der Waals surface area contributed by atoms with Gasteiger partial charge >= 0.3 is 0 Å². The summed E-state index contributed by atoms with van der Waals surface area (Å²) in [5.74, 6) is 0.996. The topological polar surface area (TPSA) is 12.5 Å². The Morgan fingerprint density at radius 1 is 1.47 bits per heavy atom. The molecule has 2 rings (SSSR count). The summed E-state index contributed by atoms with van der Waals surface area (Å²) >= 11 is 3.65. The second kappa shape index (κ2) is 4.99. The third-order valence-electron chi connectivity index (χ3n) is 2.80. The molecule has 1 aliphatic heterocycles. The SMILES string of the molecule is COc1ccccc1CN1CCC(Br)C1. The predicted octanol–water partition coefficient (Wildman–Crippen LogP) is 2.66. The van der Waals surface area contributed by atoms with E-state index in [2.05, 4.69) is 33.0 Å². The van der Waals surface area contributed by atoms with Crippen molar-refractivity contribution in [1.82, 2.24) is 4.90 Å². The van der Waals surface area contributed by atoms with Crippen molar-refractivity contribution in [2.45, 2.75) is 17.8 Å². The highest BCUT2D eigenvalue weighted by molar-refractivity contribution is 9.09. The molecule has 0 aliphatic carbocycles.